The third-order valence-electron chi connectivity index (χ3n) is 9.46. The van der Waals surface area contributed by atoms with E-state index in [2.05, 4.69) is 27.7 Å². The highest BCUT2D eigenvalue weighted by molar-refractivity contribution is 7.85. The highest BCUT2D eigenvalue weighted by Gasteiger charge is 2.05. The fourth-order valence-electron chi connectivity index (χ4n) is 6.19. The van der Waals surface area contributed by atoms with E-state index >= 15 is 0 Å². The summed E-state index contributed by atoms with van der Waals surface area (Å²) in [6.07, 6.45) is 49.8. The van der Waals surface area contributed by atoms with Crippen LogP contribution in [-0.2, 0) is 10.1 Å². The van der Waals surface area contributed by atoms with E-state index in [4.69, 9.17) is 4.55 Å². The van der Waals surface area contributed by atoms with Crippen molar-refractivity contribution in [1.82, 2.24) is 0 Å². The van der Waals surface area contributed by atoms with Crippen LogP contribution in [0.2, 0.25) is 0 Å². The molecule has 0 aliphatic carbocycles. The van der Waals surface area contributed by atoms with Gasteiger partial charge >= 0.3 is 0 Å². The first kappa shape index (κ1) is 53.5. The van der Waals surface area contributed by atoms with Crippen molar-refractivity contribution in [1.29, 1.82) is 0 Å². The minimum Gasteiger partial charge on any atom is -0.282 e. The lowest BCUT2D eigenvalue weighted by Gasteiger charge is -2.03. The van der Waals surface area contributed by atoms with Crippen LogP contribution >= 0.6 is 0 Å². The maximum absolute atomic E-state index is 10.4. The summed E-state index contributed by atoms with van der Waals surface area (Å²) in [5, 5.41) is 0. The fraction of sp³-hybridized carbons (Fsp3) is 0.870. The maximum atomic E-state index is 10.4. The van der Waals surface area contributed by atoms with Crippen molar-refractivity contribution in [3.63, 3.8) is 0 Å². The van der Waals surface area contributed by atoms with E-state index in [1.807, 2.05) is 13.8 Å². The van der Waals surface area contributed by atoms with Crippen LogP contribution in [-0.4, -0.2) is 13.0 Å². The Morgan fingerprint density at radius 2 is 0.500 bits per heavy atom. The maximum Gasteiger partial charge on any atom is 0.294 e. The zero-order valence-electron chi connectivity index (χ0n) is 35.1. The van der Waals surface area contributed by atoms with Crippen LogP contribution in [0.3, 0.4) is 0 Å². The van der Waals surface area contributed by atoms with E-state index in [-0.39, 0.29) is 4.90 Å². The number of hydrogen-bond acceptors (Lipinski definition) is 2. The number of rotatable bonds is 33. The fourth-order valence-corrected chi connectivity index (χ4v) is 6.69. The molecule has 0 aliphatic rings. The van der Waals surface area contributed by atoms with Gasteiger partial charge < -0.3 is 0 Å². The van der Waals surface area contributed by atoms with Gasteiger partial charge in [0.15, 0.2) is 0 Å². The van der Waals surface area contributed by atoms with Crippen LogP contribution in [0.1, 0.15) is 260 Å². The minimum absolute atomic E-state index is 0.0741. The Labute approximate surface area is 317 Å². The predicted octanol–water partition coefficient (Wildman–Crippen LogP) is 17.3. The zero-order chi connectivity index (χ0) is 37.7. The summed E-state index contributed by atoms with van der Waals surface area (Å²) in [5.41, 5.74) is 0. The molecule has 0 aliphatic heterocycles. The lowest BCUT2D eigenvalue weighted by molar-refractivity contribution is 0.483. The summed E-state index contributed by atoms with van der Waals surface area (Å²) in [5.74, 6) is 0. The molecule has 0 fully saturated rings. The van der Waals surface area contributed by atoms with Gasteiger partial charge in [0.25, 0.3) is 10.1 Å². The Morgan fingerprint density at radius 1 is 0.340 bits per heavy atom. The average molecular weight is 725 g/mol. The monoisotopic (exact) mass is 725 g/mol. The van der Waals surface area contributed by atoms with Crippen LogP contribution in [0, 0.1) is 0 Å². The van der Waals surface area contributed by atoms with Crippen molar-refractivity contribution in [2.75, 3.05) is 0 Å². The van der Waals surface area contributed by atoms with Crippen LogP contribution in [0.4, 0.5) is 0 Å². The number of benzene rings is 1. The topological polar surface area (TPSA) is 54.4 Å². The molecule has 0 saturated carbocycles. The second-order valence-corrected chi connectivity index (χ2v) is 15.8. The summed E-state index contributed by atoms with van der Waals surface area (Å²) < 4.78 is 29.2. The highest BCUT2D eigenvalue weighted by Crippen LogP contribution is 2.15. The molecule has 300 valence electrons. The molecular weight excluding hydrogens is 633 g/mol. The molecule has 1 rings (SSSR count). The van der Waals surface area contributed by atoms with E-state index < -0.39 is 10.1 Å². The van der Waals surface area contributed by atoms with Crippen molar-refractivity contribution in [3.8, 4) is 0 Å². The molecular formula is C46H92O3S. The van der Waals surface area contributed by atoms with Crippen LogP contribution in [0.5, 0.6) is 0 Å². The third-order valence-corrected chi connectivity index (χ3v) is 10.3. The number of hydrogen-bond donors (Lipinski definition) is 1. The highest BCUT2D eigenvalue weighted by atomic mass is 32.2. The van der Waals surface area contributed by atoms with Gasteiger partial charge in [-0.3, -0.25) is 4.55 Å². The molecule has 0 atom stereocenters. The molecule has 0 amide bonds. The molecule has 0 spiro atoms. The molecule has 0 bridgehead atoms. The smallest absolute Gasteiger partial charge is 0.282 e. The van der Waals surface area contributed by atoms with Crippen molar-refractivity contribution >= 4 is 10.1 Å². The quantitative estimate of drug-likeness (QED) is 0.0580. The molecule has 0 heterocycles. The van der Waals surface area contributed by atoms with Crippen LogP contribution < -0.4 is 0 Å². The molecule has 0 radical (unpaired) electrons. The van der Waals surface area contributed by atoms with Crippen molar-refractivity contribution < 1.29 is 13.0 Å². The van der Waals surface area contributed by atoms with Gasteiger partial charge in [-0.25, -0.2) is 0 Å². The first-order valence-corrected chi connectivity index (χ1v) is 23.9. The molecule has 0 saturated heterocycles. The summed E-state index contributed by atoms with van der Waals surface area (Å²) in [6, 6.07) is 7.42. The first-order valence-electron chi connectivity index (χ1n) is 22.5. The van der Waals surface area contributed by atoms with Gasteiger partial charge in [-0.1, -0.05) is 278 Å². The van der Waals surface area contributed by atoms with Gasteiger partial charge in [0.1, 0.15) is 0 Å². The lowest BCUT2D eigenvalue weighted by Crippen LogP contribution is -1.96. The zero-order valence-corrected chi connectivity index (χ0v) is 35.9. The average Bonchev–Trinajstić information content (AvgIpc) is 3.13. The molecule has 1 aromatic rings. The Kier molecular flexibility index (Phi) is 51.5. The third kappa shape index (κ3) is 49.2. The van der Waals surface area contributed by atoms with Crippen molar-refractivity contribution in [2.24, 2.45) is 0 Å². The second kappa shape index (κ2) is 48.1. The first-order chi connectivity index (χ1) is 24.4. The Hall–Kier alpha value is -0.870. The summed E-state index contributed by atoms with van der Waals surface area (Å²) in [4.78, 5) is -0.0741. The molecule has 1 N–H and O–H groups in total. The van der Waals surface area contributed by atoms with Gasteiger partial charge in [0.2, 0.25) is 0 Å². The molecule has 3 nitrogen and oxygen atoms in total. The van der Waals surface area contributed by atoms with Gasteiger partial charge in [-0.2, -0.15) is 8.42 Å². The summed E-state index contributed by atoms with van der Waals surface area (Å²) >= 11 is 0. The molecule has 50 heavy (non-hydrogen) atoms. The minimum atomic E-state index is -4.00. The van der Waals surface area contributed by atoms with Gasteiger partial charge in [-0.05, 0) is 12.1 Å². The van der Waals surface area contributed by atoms with E-state index in [0.29, 0.717) is 0 Å². The second-order valence-electron chi connectivity index (χ2n) is 14.4. The van der Waals surface area contributed by atoms with Gasteiger partial charge in [-0.15, -0.1) is 0 Å². The summed E-state index contributed by atoms with van der Waals surface area (Å²) in [7, 11) is -4.00. The normalized spacial score (nSPS) is 10.8. The largest absolute Gasteiger partial charge is 0.294 e. The molecule has 4 heteroatoms. The standard InChI is InChI=1S/2C19H40.C6H6O3S.C2H6/c2*1-3-5-7-9-11-13-15-17-19-18-16-14-12-10-8-6-4-2;7-10(8,9)6-4-2-1-3-5-6;1-2/h2*3-19H2,1-2H3;1-5H,(H,7,8,9);1-2H3. The molecule has 0 aromatic heterocycles. The lowest BCUT2D eigenvalue weighted by atomic mass is 10.0. The van der Waals surface area contributed by atoms with Crippen molar-refractivity contribution in [3.05, 3.63) is 30.3 Å². The summed E-state index contributed by atoms with van der Waals surface area (Å²) in [6.45, 7) is 13.2. The van der Waals surface area contributed by atoms with E-state index in [9.17, 15) is 8.42 Å². The number of unbranched alkanes of at least 4 members (excludes halogenated alkanes) is 32. The predicted molar refractivity (Wildman–Crippen MR) is 227 cm³/mol. The Morgan fingerprint density at radius 3 is 0.620 bits per heavy atom. The molecule has 0 unspecified atom stereocenters. The van der Waals surface area contributed by atoms with E-state index in [0.717, 1.165) is 0 Å². The SMILES string of the molecule is CC.CCCCCCCCCCCCCCCCCCC.CCCCCCCCCCCCCCCCCCC.O=S(=O)(O)c1ccccc1. The van der Waals surface area contributed by atoms with Crippen LogP contribution in [0.15, 0.2) is 35.2 Å². The van der Waals surface area contributed by atoms with Crippen molar-refractivity contribution in [2.45, 2.75) is 265 Å². The van der Waals surface area contributed by atoms with Gasteiger partial charge in [0.05, 0.1) is 4.90 Å². The van der Waals surface area contributed by atoms with E-state index in [1.165, 1.54) is 230 Å². The Bertz CT molecular complexity index is 727. The molecule has 1 aromatic carbocycles. The van der Waals surface area contributed by atoms with E-state index in [1.54, 1.807) is 18.2 Å². The van der Waals surface area contributed by atoms with Gasteiger partial charge in [0, 0.05) is 0 Å². The van der Waals surface area contributed by atoms with Crippen LogP contribution in [0.25, 0.3) is 0 Å². The Balaban J connectivity index is -0.000000673.